The van der Waals surface area contributed by atoms with E-state index >= 15 is 0 Å². The fourth-order valence-electron chi connectivity index (χ4n) is 2.70. The summed E-state index contributed by atoms with van der Waals surface area (Å²) in [6, 6.07) is 19.7. The van der Waals surface area contributed by atoms with E-state index in [0.29, 0.717) is 22.0 Å². The van der Waals surface area contributed by atoms with Gasteiger partial charge in [0.25, 0.3) is 5.91 Å². The molecule has 0 saturated heterocycles. The standard InChI is InChI=1S/C23H15ClFN3O2/c24-18-4-8-20(9-5-18)28-22(29)16-3-1-2-15(12-16)17-13-26-23(27-14-17)30-21-10-6-19(25)7-11-21/h1-14H,(H,28,29). The average molecular weight is 420 g/mol. The highest BCUT2D eigenvalue weighted by atomic mass is 35.5. The lowest BCUT2D eigenvalue weighted by molar-refractivity contribution is 0.102. The Morgan fingerprint density at radius 3 is 2.30 bits per heavy atom. The highest BCUT2D eigenvalue weighted by Crippen LogP contribution is 2.23. The number of anilines is 1. The maximum absolute atomic E-state index is 13.0. The lowest BCUT2D eigenvalue weighted by atomic mass is 10.1. The fraction of sp³-hybridized carbons (Fsp3) is 0. The topological polar surface area (TPSA) is 64.1 Å². The van der Waals surface area contributed by atoms with Crippen molar-refractivity contribution < 1.29 is 13.9 Å². The third-order valence-electron chi connectivity index (χ3n) is 4.21. The van der Waals surface area contributed by atoms with Crippen LogP contribution in [0.3, 0.4) is 0 Å². The first-order chi connectivity index (χ1) is 14.6. The Hall–Kier alpha value is -3.77. The molecular formula is C23H15ClFN3O2. The van der Waals surface area contributed by atoms with E-state index in [0.717, 1.165) is 11.1 Å². The molecule has 148 valence electrons. The molecule has 0 aliphatic rings. The number of hydrogen-bond acceptors (Lipinski definition) is 4. The van der Waals surface area contributed by atoms with Gasteiger partial charge in [-0.25, -0.2) is 14.4 Å². The Morgan fingerprint density at radius 1 is 0.900 bits per heavy atom. The van der Waals surface area contributed by atoms with E-state index in [2.05, 4.69) is 15.3 Å². The van der Waals surface area contributed by atoms with Gasteiger partial charge in [0, 0.05) is 34.2 Å². The van der Waals surface area contributed by atoms with Crippen molar-refractivity contribution in [2.24, 2.45) is 0 Å². The van der Waals surface area contributed by atoms with Gasteiger partial charge in [-0.05, 0) is 66.2 Å². The molecule has 0 bridgehead atoms. The molecule has 0 radical (unpaired) electrons. The molecule has 1 N–H and O–H groups in total. The number of nitrogens with one attached hydrogen (secondary N) is 1. The molecule has 1 heterocycles. The van der Waals surface area contributed by atoms with E-state index in [1.54, 1.807) is 54.9 Å². The zero-order valence-corrected chi connectivity index (χ0v) is 16.3. The van der Waals surface area contributed by atoms with Gasteiger partial charge in [-0.1, -0.05) is 23.7 Å². The Morgan fingerprint density at radius 2 is 1.60 bits per heavy atom. The van der Waals surface area contributed by atoms with Crippen LogP contribution in [0.1, 0.15) is 10.4 Å². The number of nitrogens with zero attached hydrogens (tertiary/aromatic N) is 2. The second-order valence-corrected chi connectivity index (χ2v) is 6.79. The normalized spacial score (nSPS) is 10.5. The molecule has 0 aliphatic heterocycles. The minimum atomic E-state index is -0.349. The third kappa shape index (κ3) is 4.79. The number of carbonyl (C=O) groups excluding carboxylic acids is 1. The van der Waals surface area contributed by atoms with Crippen LogP contribution in [-0.4, -0.2) is 15.9 Å². The molecule has 1 amide bonds. The van der Waals surface area contributed by atoms with Crippen LogP contribution in [0.4, 0.5) is 10.1 Å². The molecule has 3 aromatic carbocycles. The summed E-state index contributed by atoms with van der Waals surface area (Å²) in [5.41, 5.74) is 2.66. The van der Waals surface area contributed by atoms with Crippen molar-refractivity contribution in [3.8, 4) is 22.9 Å². The van der Waals surface area contributed by atoms with Crippen LogP contribution in [0.5, 0.6) is 11.8 Å². The van der Waals surface area contributed by atoms with Gasteiger partial charge in [-0.3, -0.25) is 4.79 Å². The van der Waals surface area contributed by atoms with Crippen molar-refractivity contribution in [2.45, 2.75) is 0 Å². The number of hydrogen-bond donors (Lipinski definition) is 1. The molecular weight excluding hydrogens is 405 g/mol. The molecule has 7 heteroatoms. The van der Waals surface area contributed by atoms with E-state index in [-0.39, 0.29) is 17.7 Å². The Bertz CT molecular complexity index is 1160. The Labute approximate surface area is 177 Å². The highest BCUT2D eigenvalue weighted by molar-refractivity contribution is 6.30. The van der Waals surface area contributed by atoms with Gasteiger partial charge in [-0.2, -0.15) is 0 Å². The second-order valence-electron chi connectivity index (χ2n) is 6.35. The molecule has 0 fully saturated rings. The first-order valence-corrected chi connectivity index (χ1v) is 9.37. The summed E-state index contributed by atoms with van der Waals surface area (Å²) in [6.45, 7) is 0. The molecule has 1 aromatic heterocycles. The van der Waals surface area contributed by atoms with Crippen LogP contribution in [0.25, 0.3) is 11.1 Å². The number of benzene rings is 3. The summed E-state index contributed by atoms with van der Waals surface area (Å²) in [6.07, 6.45) is 3.20. The summed E-state index contributed by atoms with van der Waals surface area (Å²) in [5, 5.41) is 3.43. The molecule has 0 atom stereocenters. The number of rotatable bonds is 5. The van der Waals surface area contributed by atoms with Crippen molar-refractivity contribution in [3.63, 3.8) is 0 Å². The Kier molecular flexibility index (Phi) is 5.68. The van der Waals surface area contributed by atoms with Crippen LogP contribution < -0.4 is 10.1 Å². The summed E-state index contributed by atoms with van der Waals surface area (Å²) in [7, 11) is 0. The minimum absolute atomic E-state index is 0.141. The maximum Gasteiger partial charge on any atom is 0.321 e. The van der Waals surface area contributed by atoms with Crippen molar-refractivity contribution in [2.75, 3.05) is 5.32 Å². The van der Waals surface area contributed by atoms with E-state index < -0.39 is 0 Å². The predicted molar refractivity (Wildman–Crippen MR) is 113 cm³/mol. The minimum Gasteiger partial charge on any atom is -0.424 e. The van der Waals surface area contributed by atoms with Crippen LogP contribution in [-0.2, 0) is 0 Å². The number of aromatic nitrogens is 2. The van der Waals surface area contributed by atoms with Gasteiger partial charge in [0.2, 0.25) is 0 Å². The smallest absolute Gasteiger partial charge is 0.321 e. The van der Waals surface area contributed by atoms with E-state index in [4.69, 9.17) is 16.3 Å². The summed E-state index contributed by atoms with van der Waals surface area (Å²) in [5.74, 6) is -0.153. The van der Waals surface area contributed by atoms with Gasteiger partial charge >= 0.3 is 6.01 Å². The molecule has 0 spiro atoms. The maximum atomic E-state index is 13.0. The largest absolute Gasteiger partial charge is 0.424 e. The van der Waals surface area contributed by atoms with Crippen LogP contribution >= 0.6 is 11.6 Å². The SMILES string of the molecule is O=C(Nc1ccc(Cl)cc1)c1cccc(-c2cnc(Oc3ccc(F)cc3)nc2)c1. The Balaban J connectivity index is 1.48. The molecule has 4 rings (SSSR count). The fourth-order valence-corrected chi connectivity index (χ4v) is 2.83. The van der Waals surface area contributed by atoms with Gasteiger partial charge < -0.3 is 10.1 Å². The zero-order chi connectivity index (χ0) is 20.9. The first-order valence-electron chi connectivity index (χ1n) is 9.00. The zero-order valence-electron chi connectivity index (χ0n) is 15.5. The molecule has 0 unspecified atom stereocenters. The van der Waals surface area contributed by atoms with Crippen molar-refractivity contribution in [3.05, 3.63) is 102 Å². The van der Waals surface area contributed by atoms with Gasteiger partial charge in [0.15, 0.2) is 0 Å². The number of halogens is 2. The average Bonchev–Trinajstić information content (AvgIpc) is 2.77. The van der Waals surface area contributed by atoms with Crippen molar-refractivity contribution in [1.82, 2.24) is 9.97 Å². The summed E-state index contributed by atoms with van der Waals surface area (Å²) < 4.78 is 18.5. The van der Waals surface area contributed by atoms with Crippen LogP contribution in [0.15, 0.2) is 85.2 Å². The number of ether oxygens (including phenoxy) is 1. The van der Waals surface area contributed by atoms with Crippen LogP contribution in [0.2, 0.25) is 5.02 Å². The quantitative estimate of drug-likeness (QED) is 0.432. The van der Waals surface area contributed by atoms with Gasteiger partial charge in [0.05, 0.1) is 0 Å². The van der Waals surface area contributed by atoms with Gasteiger partial charge in [0.1, 0.15) is 11.6 Å². The summed E-state index contributed by atoms with van der Waals surface area (Å²) >= 11 is 5.87. The second kappa shape index (κ2) is 8.71. The molecule has 5 nitrogen and oxygen atoms in total. The molecule has 0 aliphatic carbocycles. The lowest BCUT2D eigenvalue weighted by Gasteiger charge is -2.08. The third-order valence-corrected chi connectivity index (χ3v) is 4.46. The molecule has 30 heavy (non-hydrogen) atoms. The van der Waals surface area contributed by atoms with Crippen molar-refractivity contribution in [1.29, 1.82) is 0 Å². The number of amides is 1. The molecule has 4 aromatic rings. The van der Waals surface area contributed by atoms with Crippen LogP contribution in [0, 0.1) is 5.82 Å². The van der Waals surface area contributed by atoms with Gasteiger partial charge in [-0.15, -0.1) is 0 Å². The van der Waals surface area contributed by atoms with E-state index in [1.165, 1.54) is 24.3 Å². The van der Waals surface area contributed by atoms with E-state index in [1.807, 2.05) is 6.07 Å². The number of carbonyl (C=O) groups is 1. The first kappa shape index (κ1) is 19.5. The predicted octanol–water partition coefficient (Wildman–Crippen LogP) is 5.98. The molecule has 0 saturated carbocycles. The summed E-state index contributed by atoms with van der Waals surface area (Å²) in [4.78, 5) is 20.9. The van der Waals surface area contributed by atoms with E-state index in [9.17, 15) is 9.18 Å². The lowest BCUT2D eigenvalue weighted by Crippen LogP contribution is -2.11. The highest BCUT2D eigenvalue weighted by Gasteiger charge is 2.09. The monoisotopic (exact) mass is 419 g/mol. The van der Waals surface area contributed by atoms with Crippen molar-refractivity contribution >= 4 is 23.2 Å².